The van der Waals surface area contributed by atoms with Crippen molar-refractivity contribution >= 4 is 0 Å². The number of pyridine rings is 1. The minimum Gasteiger partial charge on any atom is -0.329 e. The third-order valence-corrected chi connectivity index (χ3v) is 1.92. The largest absolute Gasteiger partial charge is 0.329 e. The van der Waals surface area contributed by atoms with Crippen LogP contribution in [0.5, 0.6) is 0 Å². The molecule has 0 spiro atoms. The van der Waals surface area contributed by atoms with Crippen molar-refractivity contribution in [1.29, 1.82) is 5.26 Å². The van der Waals surface area contributed by atoms with Crippen molar-refractivity contribution in [3.63, 3.8) is 0 Å². The minimum absolute atomic E-state index is 0.137. The normalized spacial score (nSPS) is 10.2. The molecule has 1 rings (SSSR count). The molecule has 1 heterocycles. The lowest BCUT2D eigenvalue weighted by Crippen LogP contribution is -2.16. The number of rotatable bonds is 2. The van der Waals surface area contributed by atoms with E-state index >= 15 is 0 Å². The molecule has 0 radical (unpaired) electrons. The van der Waals surface area contributed by atoms with Crippen LogP contribution in [0.1, 0.15) is 23.1 Å². The number of hydrogen-bond donors (Lipinski definition) is 1. The van der Waals surface area contributed by atoms with Gasteiger partial charge in [0.2, 0.25) is 0 Å². The highest BCUT2D eigenvalue weighted by atomic mass is 19.3. The third kappa shape index (κ3) is 1.79. The monoisotopic (exact) mass is 198 g/mol. The van der Waals surface area contributed by atoms with Crippen molar-refractivity contribution in [3.05, 3.63) is 33.2 Å². The number of aryl methyl sites for hydroxylation is 1. The zero-order chi connectivity index (χ0) is 10.7. The molecule has 0 aliphatic carbocycles. The maximum atomic E-state index is 12.5. The summed E-state index contributed by atoms with van der Waals surface area (Å²) >= 11 is 0. The first-order valence-corrected chi connectivity index (χ1v) is 3.94. The predicted molar refractivity (Wildman–Crippen MR) is 46.1 cm³/mol. The molecule has 0 saturated carbocycles. The molecule has 0 unspecified atom stereocenters. The number of aromatic nitrogens is 1. The first-order valence-electron chi connectivity index (χ1n) is 3.94. The maximum Gasteiger partial charge on any atom is 0.264 e. The summed E-state index contributed by atoms with van der Waals surface area (Å²) in [6.07, 6.45) is -1.79. The number of hydrogen-bond acceptors (Lipinski definition) is 2. The fourth-order valence-electron chi connectivity index (χ4n) is 1.26. The van der Waals surface area contributed by atoms with Gasteiger partial charge in [-0.15, -0.1) is 0 Å². The van der Waals surface area contributed by atoms with Gasteiger partial charge in [0.15, 0.2) is 0 Å². The molecule has 3 nitrogen and oxygen atoms in total. The molecule has 0 amide bonds. The van der Waals surface area contributed by atoms with Crippen LogP contribution in [-0.2, 0) is 6.42 Å². The van der Waals surface area contributed by atoms with Crippen LogP contribution in [0, 0.1) is 18.3 Å². The lowest BCUT2D eigenvalue weighted by atomic mass is 10.0. The Morgan fingerprint density at radius 2 is 2.29 bits per heavy atom. The molecular weight excluding hydrogens is 190 g/mol. The molecule has 1 aromatic heterocycles. The average Bonchev–Trinajstić information content (AvgIpc) is 2.11. The smallest absolute Gasteiger partial charge is 0.264 e. The third-order valence-electron chi connectivity index (χ3n) is 1.92. The van der Waals surface area contributed by atoms with E-state index in [0.717, 1.165) is 0 Å². The van der Waals surface area contributed by atoms with Gasteiger partial charge < -0.3 is 4.98 Å². The van der Waals surface area contributed by atoms with E-state index < -0.39 is 12.0 Å². The molecule has 14 heavy (non-hydrogen) atoms. The molecule has 0 saturated heterocycles. The van der Waals surface area contributed by atoms with E-state index in [4.69, 9.17) is 5.26 Å². The van der Waals surface area contributed by atoms with Crippen LogP contribution in [0.4, 0.5) is 8.78 Å². The summed E-state index contributed by atoms with van der Waals surface area (Å²) in [5.41, 5.74) is -0.782. The first kappa shape index (κ1) is 10.4. The highest BCUT2D eigenvalue weighted by Gasteiger charge is 2.18. The summed E-state index contributed by atoms with van der Waals surface area (Å²) in [5, 5.41) is 8.39. The van der Waals surface area contributed by atoms with E-state index in [9.17, 15) is 13.6 Å². The lowest BCUT2D eigenvalue weighted by molar-refractivity contribution is 0.149. The number of halogens is 2. The number of alkyl halides is 2. The van der Waals surface area contributed by atoms with E-state index in [-0.39, 0.29) is 17.5 Å². The molecule has 0 aliphatic rings. The van der Waals surface area contributed by atoms with Gasteiger partial charge in [-0.25, -0.2) is 8.78 Å². The van der Waals surface area contributed by atoms with E-state index in [0.29, 0.717) is 5.56 Å². The Morgan fingerprint density at radius 3 is 2.79 bits per heavy atom. The van der Waals surface area contributed by atoms with Crippen LogP contribution >= 0.6 is 0 Å². The molecule has 1 aromatic rings. The van der Waals surface area contributed by atoms with Gasteiger partial charge in [-0.3, -0.25) is 4.79 Å². The van der Waals surface area contributed by atoms with Crippen LogP contribution in [0.25, 0.3) is 0 Å². The van der Waals surface area contributed by atoms with Gasteiger partial charge in [0, 0.05) is 17.3 Å². The Morgan fingerprint density at radius 1 is 1.64 bits per heavy atom. The van der Waals surface area contributed by atoms with Crippen LogP contribution in [-0.4, -0.2) is 4.98 Å². The Kier molecular flexibility index (Phi) is 2.97. The highest BCUT2D eigenvalue weighted by molar-refractivity contribution is 5.33. The van der Waals surface area contributed by atoms with Crippen molar-refractivity contribution in [2.45, 2.75) is 19.8 Å². The SMILES string of the molecule is Cc1c[nH]c(=O)c(CC#N)c1C(F)F. The highest BCUT2D eigenvalue weighted by Crippen LogP contribution is 2.23. The van der Waals surface area contributed by atoms with Crippen LogP contribution in [0.15, 0.2) is 11.0 Å². The Balaban J connectivity index is 3.43. The number of nitrogens with one attached hydrogen (secondary N) is 1. The zero-order valence-electron chi connectivity index (χ0n) is 7.47. The van der Waals surface area contributed by atoms with E-state index in [1.165, 1.54) is 13.1 Å². The molecule has 0 fully saturated rings. The Hall–Kier alpha value is -1.70. The molecule has 1 N–H and O–H groups in total. The summed E-state index contributed by atoms with van der Waals surface area (Å²) in [6.45, 7) is 1.47. The van der Waals surface area contributed by atoms with Crippen molar-refractivity contribution in [2.75, 3.05) is 0 Å². The molecule has 74 valence electrons. The van der Waals surface area contributed by atoms with Crippen molar-refractivity contribution in [1.82, 2.24) is 4.98 Å². The van der Waals surface area contributed by atoms with Crippen LogP contribution in [0.2, 0.25) is 0 Å². The Bertz CT molecular complexity index is 431. The summed E-state index contributed by atoms with van der Waals surface area (Å²) < 4.78 is 25.1. The topological polar surface area (TPSA) is 56.6 Å². The van der Waals surface area contributed by atoms with E-state index in [1.54, 1.807) is 6.07 Å². The molecule has 0 bridgehead atoms. The number of nitrogens with zero attached hydrogens (tertiary/aromatic N) is 1. The summed E-state index contributed by atoms with van der Waals surface area (Å²) in [5.74, 6) is 0. The molecule has 0 atom stereocenters. The van der Waals surface area contributed by atoms with Crippen molar-refractivity contribution < 1.29 is 8.78 Å². The zero-order valence-corrected chi connectivity index (χ0v) is 7.47. The summed E-state index contributed by atoms with van der Waals surface area (Å²) in [7, 11) is 0. The van der Waals surface area contributed by atoms with Gasteiger partial charge in [-0.2, -0.15) is 5.26 Å². The van der Waals surface area contributed by atoms with E-state index in [1.807, 2.05) is 0 Å². The van der Waals surface area contributed by atoms with Gasteiger partial charge >= 0.3 is 0 Å². The predicted octanol–water partition coefficient (Wildman–Crippen LogP) is 1.69. The fraction of sp³-hybridized carbons (Fsp3) is 0.333. The molecule has 0 aromatic carbocycles. The quantitative estimate of drug-likeness (QED) is 0.786. The lowest BCUT2D eigenvalue weighted by Gasteiger charge is -2.07. The van der Waals surface area contributed by atoms with Crippen LogP contribution < -0.4 is 5.56 Å². The second-order valence-electron chi connectivity index (χ2n) is 2.83. The second kappa shape index (κ2) is 4.01. The molecular formula is C9H8F2N2O. The summed E-state index contributed by atoms with van der Waals surface area (Å²) in [6, 6.07) is 1.69. The number of aromatic amines is 1. The average molecular weight is 198 g/mol. The van der Waals surface area contributed by atoms with Gasteiger partial charge in [0.1, 0.15) is 0 Å². The van der Waals surface area contributed by atoms with Crippen molar-refractivity contribution in [2.24, 2.45) is 0 Å². The maximum absolute atomic E-state index is 12.5. The van der Waals surface area contributed by atoms with Gasteiger partial charge in [0.25, 0.3) is 12.0 Å². The molecule has 5 heteroatoms. The van der Waals surface area contributed by atoms with Gasteiger partial charge in [-0.05, 0) is 12.5 Å². The standard InChI is InChI=1S/C9H8F2N2O/c1-5-4-13-9(14)6(2-3-12)7(5)8(10)11/h4,8H,2H2,1H3,(H,13,14). The Labute approximate surface area is 79.0 Å². The van der Waals surface area contributed by atoms with Gasteiger partial charge in [0.05, 0.1) is 12.5 Å². The number of nitriles is 1. The first-order chi connectivity index (χ1) is 6.57. The van der Waals surface area contributed by atoms with Crippen molar-refractivity contribution in [3.8, 4) is 6.07 Å². The van der Waals surface area contributed by atoms with Crippen LogP contribution in [0.3, 0.4) is 0 Å². The number of H-pyrrole nitrogens is 1. The fourth-order valence-corrected chi connectivity index (χ4v) is 1.26. The van der Waals surface area contributed by atoms with E-state index in [2.05, 4.69) is 4.98 Å². The minimum atomic E-state index is -2.72. The summed E-state index contributed by atoms with van der Waals surface area (Å²) in [4.78, 5) is 13.5. The second-order valence-corrected chi connectivity index (χ2v) is 2.83. The van der Waals surface area contributed by atoms with Gasteiger partial charge in [-0.1, -0.05) is 0 Å². The molecule has 0 aliphatic heterocycles.